The van der Waals surface area contributed by atoms with Crippen LogP contribution in [0.5, 0.6) is 0 Å². The maximum atomic E-state index is 2.32. The third-order valence-electron chi connectivity index (χ3n) is 3.31. The van der Waals surface area contributed by atoms with Crippen LogP contribution >= 0.6 is 0 Å². The number of rotatable bonds is 7. The van der Waals surface area contributed by atoms with Gasteiger partial charge in [0, 0.05) is 0 Å². The van der Waals surface area contributed by atoms with Crippen molar-refractivity contribution in [1.82, 2.24) is 0 Å². The SMILES string of the molecule is CBCc1c(C)cccc1CCCCCC. The van der Waals surface area contributed by atoms with Gasteiger partial charge in [-0.1, -0.05) is 57.5 Å². The van der Waals surface area contributed by atoms with Crippen LogP contribution in [0.25, 0.3) is 0 Å². The summed E-state index contributed by atoms with van der Waals surface area (Å²) in [6.07, 6.45) is 7.97. The average Bonchev–Trinajstić information content (AvgIpc) is 2.29. The van der Waals surface area contributed by atoms with Gasteiger partial charge in [-0.05, 0) is 36.5 Å². The van der Waals surface area contributed by atoms with E-state index in [1.807, 2.05) is 0 Å². The maximum absolute atomic E-state index is 2.32. The van der Waals surface area contributed by atoms with Gasteiger partial charge >= 0.3 is 0 Å². The third-order valence-corrected chi connectivity index (χ3v) is 3.31. The summed E-state index contributed by atoms with van der Waals surface area (Å²) in [4.78, 5) is 0. The first-order valence-corrected chi connectivity index (χ1v) is 6.87. The van der Waals surface area contributed by atoms with Gasteiger partial charge in [0.25, 0.3) is 0 Å². The molecule has 0 heterocycles. The zero-order valence-corrected chi connectivity index (χ0v) is 11.2. The molecule has 0 fully saturated rings. The smallest absolute Gasteiger partial charge is 0.0891 e. The summed E-state index contributed by atoms with van der Waals surface area (Å²) in [5, 5.41) is 0. The van der Waals surface area contributed by atoms with E-state index in [1.54, 1.807) is 11.1 Å². The Balaban J connectivity index is 2.59. The monoisotopic (exact) mass is 216 g/mol. The normalized spacial score (nSPS) is 10.4. The zero-order chi connectivity index (χ0) is 11.8. The van der Waals surface area contributed by atoms with E-state index in [0.29, 0.717) is 0 Å². The minimum Gasteiger partial charge on any atom is -0.0891 e. The first-order chi connectivity index (χ1) is 7.79. The molecule has 0 aliphatic heterocycles. The van der Waals surface area contributed by atoms with Gasteiger partial charge < -0.3 is 0 Å². The highest BCUT2D eigenvalue weighted by molar-refractivity contribution is 6.33. The van der Waals surface area contributed by atoms with Crippen molar-refractivity contribution in [2.75, 3.05) is 0 Å². The first-order valence-electron chi connectivity index (χ1n) is 6.87. The molecule has 0 amide bonds. The molecule has 0 aromatic heterocycles. The zero-order valence-electron chi connectivity index (χ0n) is 11.2. The molecule has 0 spiro atoms. The highest BCUT2D eigenvalue weighted by atomic mass is 14.1. The minimum absolute atomic E-state index is 1.25. The third kappa shape index (κ3) is 4.04. The molecule has 1 rings (SSSR count). The molecular formula is C15H25B. The van der Waals surface area contributed by atoms with E-state index in [4.69, 9.17) is 0 Å². The fraction of sp³-hybridized carbons (Fsp3) is 0.600. The Kier molecular flexibility index (Phi) is 6.29. The van der Waals surface area contributed by atoms with Crippen LogP contribution in [0.15, 0.2) is 18.2 Å². The molecule has 0 radical (unpaired) electrons. The second-order valence-electron chi connectivity index (χ2n) is 4.77. The molecule has 1 aromatic carbocycles. The summed E-state index contributed by atoms with van der Waals surface area (Å²) >= 11 is 0. The number of benzene rings is 1. The van der Waals surface area contributed by atoms with E-state index in [2.05, 4.69) is 38.9 Å². The van der Waals surface area contributed by atoms with Crippen molar-refractivity contribution in [2.24, 2.45) is 0 Å². The van der Waals surface area contributed by atoms with Crippen molar-refractivity contribution in [3.8, 4) is 0 Å². The average molecular weight is 216 g/mol. The van der Waals surface area contributed by atoms with Gasteiger partial charge in [0.05, 0.1) is 0 Å². The largest absolute Gasteiger partial charge is 0.122 e. The van der Waals surface area contributed by atoms with Gasteiger partial charge in [-0.3, -0.25) is 0 Å². The molecule has 0 nitrogen and oxygen atoms in total. The van der Waals surface area contributed by atoms with Crippen molar-refractivity contribution in [1.29, 1.82) is 0 Å². The lowest BCUT2D eigenvalue weighted by molar-refractivity contribution is 0.665. The van der Waals surface area contributed by atoms with Crippen LogP contribution < -0.4 is 0 Å². The molecule has 0 unspecified atom stereocenters. The van der Waals surface area contributed by atoms with Crippen LogP contribution in [-0.4, -0.2) is 7.28 Å². The fourth-order valence-electron chi connectivity index (χ4n) is 2.35. The molecule has 0 aliphatic rings. The molecule has 1 heteroatoms. The molecule has 1 aromatic rings. The second-order valence-corrected chi connectivity index (χ2v) is 4.77. The van der Waals surface area contributed by atoms with Crippen LogP contribution in [0.1, 0.15) is 49.3 Å². The first kappa shape index (κ1) is 13.4. The topological polar surface area (TPSA) is 0 Å². The van der Waals surface area contributed by atoms with Crippen molar-refractivity contribution >= 4 is 7.28 Å². The number of hydrogen-bond donors (Lipinski definition) is 0. The minimum atomic E-state index is 1.25. The molecule has 0 bridgehead atoms. The molecule has 0 N–H and O–H groups in total. The van der Waals surface area contributed by atoms with Crippen LogP contribution in [-0.2, 0) is 12.7 Å². The Hall–Kier alpha value is -0.715. The summed E-state index contributed by atoms with van der Waals surface area (Å²) in [6.45, 7) is 6.79. The van der Waals surface area contributed by atoms with Crippen LogP contribution in [0.4, 0.5) is 0 Å². The number of hydrogen-bond acceptors (Lipinski definition) is 0. The van der Waals surface area contributed by atoms with E-state index in [0.717, 1.165) is 0 Å². The summed E-state index contributed by atoms with van der Waals surface area (Å²) in [5.74, 6) is 0. The highest BCUT2D eigenvalue weighted by Crippen LogP contribution is 2.17. The van der Waals surface area contributed by atoms with Crippen LogP contribution in [0.3, 0.4) is 0 Å². The second kappa shape index (κ2) is 7.54. The number of unbranched alkanes of at least 4 members (excludes halogenated alkanes) is 3. The van der Waals surface area contributed by atoms with E-state index in [9.17, 15) is 0 Å². The van der Waals surface area contributed by atoms with E-state index >= 15 is 0 Å². The summed E-state index contributed by atoms with van der Waals surface area (Å²) in [5.41, 5.74) is 4.69. The van der Waals surface area contributed by atoms with Gasteiger partial charge in [0.15, 0.2) is 0 Å². The van der Waals surface area contributed by atoms with Gasteiger partial charge in [0.2, 0.25) is 0 Å². The lowest BCUT2D eigenvalue weighted by atomic mass is 9.72. The Morgan fingerprint density at radius 3 is 2.62 bits per heavy atom. The molecule has 16 heavy (non-hydrogen) atoms. The van der Waals surface area contributed by atoms with E-state index in [-0.39, 0.29) is 0 Å². The molecule has 0 aliphatic carbocycles. The summed E-state index contributed by atoms with van der Waals surface area (Å²) < 4.78 is 0. The van der Waals surface area contributed by atoms with Gasteiger partial charge in [0.1, 0.15) is 7.28 Å². The molecule has 0 saturated heterocycles. The van der Waals surface area contributed by atoms with Gasteiger partial charge in [-0.15, -0.1) is 0 Å². The Bertz CT molecular complexity index is 304. The Labute approximate surface area is 102 Å². The summed E-state index contributed by atoms with van der Waals surface area (Å²) in [7, 11) is 1.26. The van der Waals surface area contributed by atoms with Gasteiger partial charge in [-0.25, -0.2) is 0 Å². The molecule has 88 valence electrons. The van der Waals surface area contributed by atoms with Gasteiger partial charge in [-0.2, -0.15) is 0 Å². The highest BCUT2D eigenvalue weighted by Gasteiger charge is 2.04. The molecule has 0 saturated carbocycles. The Morgan fingerprint density at radius 1 is 1.12 bits per heavy atom. The number of aryl methyl sites for hydroxylation is 2. The van der Waals surface area contributed by atoms with E-state index < -0.39 is 0 Å². The van der Waals surface area contributed by atoms with Crippen molar-refractivity contribution in [3.63, 3.8) is 0 Å². The predicted octanol–water partition coefficient (Wildman–Crippen LogP) is 4.10. The lowest BCUT2D eigenvalue weighted by Gasteiger charge is -2.11. The summed E-state index contributed by atoms with van der Waals surface area (Å²) in [6, 6.07) is 6.79. The lowest BCUT2D eigenvalue weighted by Crippen LogP contribution is -2.01. The fourth-order valence-corrected chi connectivity index (χ4v) is 2.35. The van der Waals surface area contributed by atoms with Crippen molar-refractivity contribution in [2.45, 2.75) is 59.1 Å². The standard InChI is InChI=1S/C15H25B/c1-4-5-6-7-10-14-11-8-9-13(2)15(14)12-16-3/h8-9,11,16H,4-7,10,12H2,1-3H3. The molecular weight excluding hydrogens is 191 g/mol. The van der Waals surface area contributed by atoms with Crippen molar-refractivity contribution in [3.05, 3.63) is 34.9 Å². The van der Waals surface area contributed by atoms with Crippen molar-refractivity contribution < 1.29 is 0 Å². The van der Waals surface area contributed by atoms with Crippen LogP contribution in [0, 0.1) is 6.92 Å². The van der Waals surface area contributed by atoms with Crippen LogP contribution in [0.2, 0.25) is 6.82 Å². The maximum Gasteiger partial charge on any atom is 0.122 e. The molecule has 0 atom stereocenters. The predicted molar refractivity (Wildman–Crippen MR) is 75.7 cm³/mol. The Morgan fingerprint density at radius 2 is 1.94 bits per heavy atom. The quantitative estimate of drug-likeness (QED) is 0.475. The van der Waals surface area contributed by atoms with E-state index in [1.165, 1.54) is 51.3 Å².